The summed E-state index contributed by atoms with van der Waals surface area (Å²) in [5.41, 5.74) is 17.2. The molecule has 12 heteroatoms. The Labute approximate surface area is 237 Å². The van der Waals surface area contributed by atoms with Crippen molar-refractivity contribution in [1.29, 1.82) is 5.26 Å². The van der Waals surface area contributed by atoms with Crippen LogP contribution in [0.4, 0.5) is 9.39 Å². The third-order valence-electron chi connectivity index (χ3n) is 8.98. The maximum absolute atomic E-state index is 14.6. The Hall–Kier alpha value is -2.95. The van der Waals surface area contributed by atoms with E-state index in [0.717, 1.165) is 42.8 Å². The van der Waals surface area contributed by atoms with Crippen LogP contribution < -0.4 is 16.9 Å². The number of nitrogens with one attached hydrogen (secondary N) is 1. The number of benzene rings is 1. The number of hydrogen-bond acceptors (Lipinski definition) is 11. The van der Waals surface area contributed by atoms with Crippen molar-refractivity contribution in [2.75, 3.05) is 38.5 Å². The number of aliphatic hydroxyl groups is 1. The standard InChI is InChI=1S/C28H37FN8O2S/c1-27(38)8-12-37(13-9-27)34-26(39-16-28-6-2-10-36(28)11-3-7-28)22-24(31)35(17-33-22)15-18-4-5-20(29)23-21(18)19(14-30)25(32)40-23/h4-5,17,24,34,38H,2-3,6-13,15-16,31-32H2,1H3/b26-22-. The lowest BCUT2D eigenvalue weighted by Crippen LogP contribution is -2.50. The zero-order valence-corrected chi connectivity index (χ0v) is 23.6. The molecule has 6 N–H and O–H groups in total. The quantitative estimate of drug-likeness (QED) is 0.371. The van der Waals surface area contributed by atoms with Gasteiger partial charge in [-0.1, -0.05) is 6.07 Å². The van der Waals surface area contributed by atoms with Crippen LogP contribution >= 0.6 is 11.3 Å². The molecule has 6 rings (SSSR count). The van der Waals surface area contributed by atoms with Gasteiger partial charge in [0, 0.05) is 25.0 Å². The number of anilines is 1. The summed E-state index contributed by atoms with van der Waals surface area (Å²) in [6.07, 6.45) is 6.96. The highest BCUT2D eigenvalue weighted by atomic mass is 32.1. The minimum Gasteiger partial charge on any atom is -0.475 e. The van der Waals surface area contributed by atoms with E-state index in [0.29, 0.717) is 71.3 Å². The van der Waals surface area contributed by atoms with Crippen LogP contribution in [-0.2, 0) is 11.3 Å². The first-order chi connectivity index (χ1) is 19.2. The topological polar surface area (TPSA) is 139 Å². The molecular formula is C28H37FN8O2S. The molecule has 1 aromatic heterocycles. The van der Waals surface area contributed by atoms with E-state index in [2.05, 4.69) is 26.4 Å². The molecule has 4 aliphatic heterocycles. The number of aliphatic imine (C=N–C) groups is 1. The first kappa shape index (κ1) is 27.2. The van der Waals surface area contributed by atoms with E-state index in [1.807, 2.05) is 11.8 Å². The van der Waals surface area contributed by atoms with Gasteiger partial charge in [-0.3, -0.25) is 10.3 Å². The molecule has 40 heavy (non-hydrogen) atoms. The first-order valence-electron chi connectivity index (χ1n) is 14.0. The number of fused-ring (bicyclic) bond motifs is 2. The van der Waals surface area contributed by atoms with E-state index in [9.17, 15) is 14.8 Å². The van der Waals surface area contributed by atoms with Crippen LogP contribution in [0.2, 0.25) is 0 Å². The molecule has 0 spiro atoms. The number of halogens is 1. The minimum atomic E-state index is -0.675. The molecule has 1 atom stereocenters. The fourth-order valence-corrected chi connectivity index (χ4v) is 7.51. The lowest BCUT2D eigenvalue weighted by molar-refractivity contribution is -0.0284. The van der Waals surface area contributed by atoms with Gasteiger partial charge in [-0.25, -0.2) is 14.4 Å². The maximum Gasteiger partial charge on any atom is 0.227 e. The summed E-state index contributed by atoms with van der Waals surface area (Å²) in [7, 11) is 0. The van der Waals surface area contributed by atoms with Crippen molar-refractivity contribution >= 4 is 32.8 Å². The SMILES string of the molecule is CC1(O)CCN(N/C(OCC23CCCN2CCC3)=C2/N=CN(Cc3ccc(F)c4sc(N)c(C#N)c34)C2N)CC1. The van der Waals surface area contributed by atoms with E-state index in [-0.39, 0.29) is 5.54 Å². The predicted molar refractivity (Wildman–Crippen MR) is 153 cm³/mol. The fraction of sp³-hybridized carbons (Fsp3) is 0.571. The van der Waals surface area contributed by atoms with Gasteiger partial charge < -0.3 is 26.2 Å². The summed E-state index contributed by atoms with van der Waals surface area (Å²) in [5, 5.41) is 23.0. The molecule has 5 heterocycles. The van der Waals surface area contributed by atoms with Crippen molar-refractivity contribution in [3.05, 3.63) is 40.7 Å². The highest BCUT2D eigenvalue weighted by Crippen LogP contribution is 2.40. The highest BCUT2D eigenvalue weighted by molar-refractivity contribution is 7.23. The van der Waals surface area contributed by atoms with Gasteiger partial charge >= 0.3 is 0 Å². The van der Waals surface area contributed by atoms with Crippen LogP contribution in [0.5, 0.6) is 0 Å². The van der Waals surface area contributed by atoms with E-state index < -0.39 is 17.6 Å². The largest absolute Gasteiger partial charge is 0.475 e. The van der Waals surface area contributed by atoms with Crippen molar-refractivity contribution in [3.63, 3.8) is 0 Å². The number of piperidine rings is 1. The third kappa shape index (κ3) is 4.90. The number of ether oxygens (including phenoxy) is 1. The highest BCUT2D eigenvalue weighted by Gasteiger charge is 2.45. The number of rotatable bonds is 7. The molecular weight excluding hydrogens is 531 g/mol. The van der Waals surface area contributed by atoms with Gasteiger partial charge in [-0.2, -0.15) is 5.26 Å². The average molecular weight is 569 g/mol. The summed E-state index contributed by atoms with van der Waals surface area (Å²) >= 11 is 1.08. The molecule has 214 valence electrons. The van der Waals surface area contributed by atoms with Crippen LogP contribution in [0.25, 0.3) is 10.1 Å². The van der Waals surface area contributed by atoms with E-state index in [1.54, 1.807) is 12.4 Å². The average Bonchev–Trinajstić information content (AvgIpc) is 3.67. The van der Waals surface area contributed by atoms with E-state index in [1.165, 1.54) is 18.9 Å². The molecule has 3 saturated heterocycles. The Morgan fingerprint density at radius 1 is 1.25 bits per heavy atom. The van der Waals surface area contributed by atoms with Gasteiger partial charge in [-0.15, -0.1) is 11.3 Å². The zero-order valence-electron chi connectivity index (χ0n) is 22.8. The Bertz CT molecular complexity index is 1380. The Balaban J connectivity index is 1.26. The van der Waals surface area contributed by atoms with Crippen LogP contribution in [-0.4, -0.2) is 76.3 Å². The molecule has 1 aromatic carbocycles. The Kier molecular flexibility index (Phi) is 7.13. The van der Waals surface area contributed by atoms with Crippen molar-refractivity contribution in [1.82, 2.24) is 20.2 Å². The second-order valence-corrected chi connectivity index (χ2v) is 12.8. The molecule has 4 aliphatic rings. The molecule has 0 amide bonds. The predicted octanol–water partition coefficient (Wildman–Crippen LogP) is 2.79. The fourth-order valence-electron chi connectivity index (χ4n) is 6.54. The number of nitrogen functional groups attached to an aromatic ring is 1. The van der Waals surface area contributed by atoms with E-state index in [4.69, 9.17) is 16.2 Å². The maximum atomic E-state index is 14.6. The number of nitriles is 1. The van der Waals surface area contributed by atoms with Gasteiger partial charge in [0.15, 0.2) is 0 Å². The summed E-state index contributed by atoms with van der Waals surface area (Å²) in [6, 6.07) is 5.21. The van der Waals surface area contributed by atoms with Gasteiger partial charge in [0.05, 0.1) is 27.7 Å². The molecule has 1 unspecified atom stereocenters. The molecule has 10 nitrogen and oxygen atoms in total. The van der Waals surface area contributed by atoms with E-state index >= 15 is 0 Å². The van der Waals surface area contributed by atoms with Crippen LogP contribution in [0.15, 0.2) is 28.7 Å². The minimum absolute atomic E-state index is 0.0530. The van der Waals surface area contributed by atoms with Crippen molar-refractivity contribution in [3.8, 4) is 6.07 Å². The molecule has 0 radical (unpaired) electrons. The normalized spacial score (nSPS) is 25.4. The molecule has 2 aromatic rings. The summed E-state index contributed by atoms with van der Waals surface area (Å²) in [6.45, 7) is 6.31. The van der Waals surface area contributed by atoms with Crippen molar-refractivity contribution in [2.24, 2.45) is 10.7 Å². The molecule has 0 bridgehead atoms. The lowest BCUT2D eigenvalue weighted by atomic mass is 9.95. The third-order valence-corrected chi connectivity index (χ3v) is 10.0. The first-order valence-corrected chi connectivity index (χ1v) is 14.8. The molecule has 3 fully saturated rings. The monoisotopic (exact) mass is 568 g/mol. The summed E-state index contributed by atoms with van der Waals surface area (Å²) < 4.78 is 21.5. The smallest absolute Gasteiger partial charge is 0.227 e. The van der Waals surface area contributed by atoms with Crippen LogP contribution in [0.1, 0.15) is 56.6 Å². The summed E-state index contributed by atoms with van der Waals surface area (Å²) in [5.74, 6) is 0.132. The second kappa shape index (κ2) is 10.5. The van der Waals surface area contributed by atoms with Gasteiger partial charge in [0.1, 0.15) is 35.4 Å². The van der Waals surface area contributed by atoms with Crippen molar-refractivity contribution in [2.45, 2.75) is 69.3 Å². The number of hydrazine groups is 1. The number of thiophene rings is 1. The van der Waals surface area contributed by atoms with Crippen LogP contribution in [0.3, 0.4) is 0 Å². The molecule has 0 saturated carbocycles. The Morgan fingerprint density at radius 2 is 1.98 bits per heavy atom. The second-order valence-electron chi connectivity index (χ2n) is 11.7. The summed E-state index contributed by atoms with van der Waals surface area (Å²) in [4.78, 5) is 9.09. The number of nitrogens with two attached hydrogens (primary N) is 2. The lowest BCUT2D eigenvalue weighted by Gasteiger charge is -2.38. The molecule has 0 aliphatic carbocycles. The van der Waals surface area contributed by atoms with Gasteiger partial charge in [0.25, 0.3) is 0 Å². The number of hydrogen-bond donors (Lipinski definition) is 4. The van der Waals surface area contributed by atoms with Gasteiger partial charge in [0.2, 0.25) is 5.88 Å². The van der Waals surface area contributed by atoms with Gasteiger partial charge in [-0.05, 0) is 70.2 Å². The zero-order chi connectivity index (χ0) is 28.1. The Morgan fingerprint density at radius 3 is 2.67 bits per heavy atom. The van der Waals surface area contributed by atoms with Crippen LogP contribution in [0, 0.1) is 17.1 Å². The van der Waals surface area contributed by atoms with Crippen molar-refractivity contribution < 1.29 is 14.2 Å². The number of nitrogens with zero attached hydrogens (tertiary/aromatic N) is 5.